The molecule has 0 aliphatic carbocycles. The van der Waals surface area contributed by atoms with Crippen molar-refractivity contribution in [3.8, 4) is 0 Å². The van der Waals surface area contributed by atoms with E-state index in [1.54, 1.807) is 0 Å². The Bertz CT molecular complexity index is 554. The fourth-order valence-electron chi connectivity index (χ4n) is 3.31. The summed E-state index contributed by atoms with van der Waals surface area (Å²) in [6.07, 6.45) is 3.18. The molecule has 2 saturated heterocycles. The van der Waals surface area contributed by atoms with E-state index in [-0.39, 0.29) is 11.5 Å². The number of hydrogen-bond acceptors (Lipinski definition) is 3. The minimum absolute atomic E-state index is 0.157. The average molecular weight is 324 g/mol. The van der Waals surface area contributed by atoms with Crippen molar-refractivity contribution in [3.05, 3.63) is 35.4 Å². The zero-order valence-corrected chi connectivity index (χ0v) is 13.1. The predicted molar refractivity (Wildman–Crippen MR) is 82.2 cm³/mol. The normalized spacial score (nSPS) is 23.1. The third-order valence-electron chi connectivity index (χ3n) is 4.80. The summed E-state index contributed by atoms with van der Waals surface area (Å²) in [6.45, 7) is 4.32. The van der Waals surface area contributed by atoms with Crippen molar-refractivity contribution in [2.45, 2.75) is 25.3 Å². The van der Waals surface area contributed by atoms with Crippen LogP contribution in [0, 0.1) is 17.6 Å². The van der Waals surface area contributed by atoms with Gasteiger partial charge in [-0.25, -0.2) is 8.78 Å². The molecule has 3 rings (SSSR count). The first-order valence-corrected chi connectivity index (χ1v) is 8.18. The number of amides is 1. The molecule has 1 N–H and O–H groups in total. The SMILES string of the molecule is O=C(NCC1CCN([C@@H]2CCOC2)CC1)c1ccc(F)c(F)c1. The number of carbonyl (C=O) groups is 1. The molecule has 2 aliphatic heterocycles. The standard InChI is InChI=1S/C17H22F2N2O2/c18-15-2-1-13(9-16(15)19)17(22)20-10-12-3-6-21(7-4-12)14-5-8-23-11-14/h1-2,9,12,14H,3-8,10-11H2,(H,20,22)/t14-/m1/s1. The molecule has 0 saturated carbocycles. The Kier molecular flexibility index (Phi) is 5.23. The minimum Gasteiger partial charge on any atom is -0.380 e. The highest BCUT2D eigenvalue weighted by molar-refractivity contribution is 5.94. The summed E-state index contributed by atoms with van der Waals surface area (Å²) in [6, 6.07) is 3.77. The van der Waals surface area contributed by atoms with Gasteiger partial charge in [0, 0.05) is 24.8 Å². The summed E-state index contributed by atoms with van der Waals surface area (Å²) >= 11 is 0. The van der Waals surface area contributed by atoms with Gasteiger partial charge < -0.3 is 10.1 Å². The van der Waals surface area contributed by atoms with E-state index < -0.39 is 11.6 Å². The Morgan fingerprint density at radius 3 is 2.65 bits per heavy atom. The summed E-state index contributed by atoms with van der Waals surface area (Å²) in [4.78, 5) is 14.5. The zero-order valence-electron chi connectivity index (χ0n) is 13.1. The minimum atomic E-state index is -0.996. The van der Waals surface area contributed by atoms with Crippen LogP contribution in [0.25, 0.3) is 0 Å². The van der Waals surface area contributed by atoms with E-state index in [9.17, 15) is 13.6 Å². The number of ether oxygens (including phenoxy) is 1. The lowest BCUT2D eigenvalue weighted by Gasteiger charge is -2.35. The summed E-state index contributed by atoms with van der Waals surface area (Å²) in [5.74, 6) is -1.85. The molecular weight excluding hydrogens is 302 g/mol. The maximum absolute atomic E-state index is 13.2. The van der Waals surface area contributed by atoms with Crippen LogP contribution in [0.4, 0.5) is 8.78 Å². The number of rotatable bonds is 4. The van der Waals surface area contributed by atoms with E-state index in [0.29, 0.717) is 18.5 Å². The molecule has 2 heterocycles. The Morgan fingerprint density at radius 2 is 2.00 bits per heavy atom. The molecule has 6 heteroatoms. The maximum atomic E-state index is 13.2. The molecule has 1 aromatic rings. The first-order chi connectivity index (χ1) is 11.1. The molecule has 0 radical (unpaired) electrons. The Morgan fingerprint density at radius 1 is 1.22 bits per heavy atom. The largest absolute Gasteiger partial charge is 0.380 e. The molecule has 0 aromatic heterocycles. The molecule has 126 valence electrons. The van der Waals surface area contributed by atoms with Gasteiger partial charge in [-0.3, -0.25) is 9.69 Å². The van der Waals surface area contributed by atoms with E-state index >= 15 is 0 Å². The van der Waals surface area contributed by atoms with Crippen molar-refractivity contribution >= 4 is 5.91 Å². The predicted octanol–water partition coefficient (Wildman–Crippen LogP) is 2.20. The number of nitrogens with zero attached hydrogens (tertiary/aromatic N) is 1. The molecule has 1 atom stereocenters. The molecule has 2 aliphatic rings. The van der Waals surface area contributed by atoms with E-state index in [2.05, 4.69) is 10.2 Å². The number of nitrogens with one attached hydrogen (secondary N) is 1. The van der Waals surface area contributed by atoms with Crippen LogP contribution in [0.3, 0.4) is 0 Å². The quantitative estimate of drug-likeness (QED) is 0.923. The van der Waals surface area contributed by atoms with Gasteiger partial charge in [0.25, 0.3) is 5.91 Å². The molecule has 4 nitrogen and oxygen atoms in total. The van der Waals surface area contributed by atoms with Crippen LogP contribution in [0.15, 0.2) is 18.2 Å². The van der Waals surface area contributed by atoms with E-state index in [4.69, 9.17) is 4.74 Å². The van der Waals surface area contributed by atoms with Gasteiger partial charge in [0.05, 0.1) is 6.61 Å². The summed E-state index contributed by atoms with van der Waals surface area (Å²) in [7, 11) is 0. The van der Waals surface area contributed by atoms with Crippen LogP contribution in [0.1, 0.15) is 29.6 Å². The molecule has 1 amide bonds. The first kappa shape index (κ1) is 16.3. The van der Waals surface area contributed by atoms with E-state index in [1.807, 2.05) is 0 Å². The van der Waals surface area contributed by atoms with Crippen molar-refractivity contribution < 1.29 is 18.3 Å². The van der Waals surface area contributed by atoms with Gasteiger partial charge in [0.15, 0.2) is 11.6 Å². The second kappa shape index (κ2) is 7.36. The lowest BCUT2D eigenvalue weighted by Crippen LogP contribution is -2.43. The Hall–Kier alpha value is -1.53. The molecule has 0 unspecified atom stereocenters. The topological polar surface area (TPSA) is 41.6 Å². The Balaban J connectivity index is 1.44. The smallest absolute Gasteiger partial charge is 0.251 e. The van der Waals surface area contributed by atoms with Crippen molar-refractivity contribution in [2.24, 2.45) is 5.92 Å². The molecule has 0 spiro atoms. The van der Waals surface area contributed by atoms with Gasteiger partial charge >= 0.3 is 0 Å². The molecule has 23 heavy (non-hydrogen) atoms. The number of hydrogen-bond donors (Lipinski definition) is 1. The van der Waals surface area contributed by atoms with Crippen LogP contribution in [-0.4, -0.2) is 49.7 Å². The molecule has 0 bridgehead atoms. The fourth-order valence-corrected chi connectivity index (χ4v) is 3.31. The summed E-state index contributed by atoms with van der Waals surface area (Å²) < 4.78 is 31.5. The summed E-state index contributed by atoms with van der Waals surface area (Å²) in [5.41, 5.74) is 0.157. The van der Waals surface area contributed by atoms with Gasteiger partial charge in [-0.15, -0.1) is 0 Å². The number of piperidine rings is 1. The van der Waals surface area contributed by atoms with Crippen LogP contribution >= 0.6 is 0 Å². The van der Waals surface area contributed by atoms with Gasteiger partial charge in [-0.05, 0) is 56.5 Å². The molecule has 1 aromatic carbocycles. The van der Waals surface area contributed by atoms with Crippen LogP contribution in [0.2, 0.25) is 0 Å². The lowest BCUT2D eigenvalue weighted by molar-refractivity contribution is 0.0910. The van der Waals surface area contributed by atoms with Crippen molar-refractivity contribution in [1.29, 1.82) is 0 Å². The number of carbonyl (C=O) groups excluding carboxylic acids is 1. The highest BCUT2D eigenvalue weighted by Gasteiger charge is 2.27. The number of benzene rings is 1. The monoisotopic (exact) mass is 324 g/mol. The van der Waals surface area contributed by atoms with Gasteiger partial charge in [0.1, 0.15) is 0 Å². The van der Waals surface area contributed by atoms with E-state index in [0.717, 1.165) is 57.7 Å². The van der Waals surface area contributed by atoms with Crippen LogP contribution in [-0.2, 0) is 4.74 Å². The van der Waals surface area contributed by atoms with Gasteiger partial charge in [-0.2, -0.15) is 0 Å². The second-order valence-electron chi connectivity index (χ2n) is 6.34. The maximum Gasteiger partial charge on any atom is 0.251 e. The fraction of sp³-hybridized carbons (Fsp3) is 0.588. The van der Waals surface area contributed by atoms with Crippen LogP contribution in [0.5, 0.6) is 0 Å². The lowest BCUT2D eigenvalue weighted by atomic mass is 9.95. The van der Waals surface area contributed by atoms with Gasteiger partial charge in [-0.1, -0.05) is 0 Å². The molecule has 2 fully saturated rings. The van der Waals surface area contributed by atoms with E-state index in [1.165, 1.54) is 6.07 Å². The first-order valence-electron chi connectivity index (χ1n) is 8.18. The zero-order chi connectivity index (χ0) is 16.2. The highest BCUT2D eigenvalue weighted by atomic mass is 19.2. The van der Waals surface area contributed by atoms with Crippen LogP contribution < -0.4 is 5.32 Å². The number of likely N-dealkylation sites (tertiary alicyclic amines) is 1. The third kappa shape index (κ3) is 4.06. The van der Waals surface area contributed by atoms with Crippen molar-refractivity contribution in [3.63, 3.8) is 0 Å². The summed E-state index contributed by atoms with van der Waals surface area (Å²) in [5, 5.41) is 2.83. The third-order valence-corrected chi connectivity index (χ3v) is 4.80. The highest BCUT2D eigenvalue weighted by Crippen LogP contribution is 2.22. The average Bonchev–Trinajstić information content (AvgIpc) is 3.10. The Labute approximate surface area is 134 Å². The number of halogens is 2. The van der Waals surface area contributed by atoms with Crippen molar-refractivity contribution in [2.75, 3.05) is 32.8 Å². The molecular formula is C17H22F2N2O2. The van der Waals surface area contributed by atoms with Gasteiger partial charge in [0.2, 0.25) is 0 Å². The second-order valence-corrected chi connectivity index (χ2v) is 6.34. The van der Waals surface area contributed by atoms with Crippen molar-refractivity contribution in [1.82, 2.24) is 10.2 Å².